The van der Waals surface area contributed by atoms with Gasteiger partial charge in [-0.2, -0.15) is 0 Å². The Hall–Kier alpha value is -1.71. The van der Waals surface area contributed by atoms with Crippen molar-refractivity contribution in [3.05, 3.63) is 53.6 Å². The smallest absolute Gasteiger partial charge is 0.246 e. The number of carbonyl (C=O) groups excluding carboxylic acids is 1. The van der Waals surface area contributed by atoms with Gasteiger partial charge in [-0.05, 0) is 24.3 Å². The second kappa shape index (κ2) is 6.64. The highest BCUT2D eigenvalue weighted by Gasteiger charge is 2.19. The van der Waals surface area contributed by atoms with Crippen molar-refractivity contribution in [2.24, 2.45) is 0 Å². The molecule has 0 unspecified atom stereocenters. The first-order valence-corrected chi connectivity index (χ1v) is 6.86. The van der Waals surface area contributed by atoms with Crippen molar-refractivity contribution in [1.29, 1.82) is 0 Å². The van der Waals surface area contributed by atoms with Crippen LogP contribution in [-0.4, -0.2) is 18.9 Å². The Morgan fingerprint density at radius 2 is 1.90 bits per heavy atom. The quantitative estimate of drug-likeness (QED) is 0.790. The van der Waals surface area contributed by atoms with Crippen LogP contribution in [0.4, 0.5) is 11.4 Å². The van der Waals surface area contributed by atoms with Gasteiger partial charge in [0, 0.05) is 11.8 Å². The maximum atomic E-state index is 12.1. The van der Waals surface area contributed by atoms with Crippen LogP contribution in [0.5, 0.6) is 5.75 Å². The third kappa shape index (κ3) is 3.06. The van der Waals surface area contributed by atoms with Gasteiger partial charge in [0.05, 0.1) is 17.8 Å². The van der Waals surface area contributed by atoms with Gasteiger partial charge >= 0.3 is 0 Å². The first-order valence-electron chi connectivity index (χ1n) is 5.95. The molecule has 0 N–H and O–H groups in total. The highest BCUT2D eigenvalue weighted by molar-refractivity contribution is 6.35. The van der Waals surface area contributed by atoms with Crippen molar-refractivity contribution in [3.63, 3.8) is 0 Å². The zero-order valence-electron chi connectivity index (χ0n) is 10.8. The average Bonchev–Trinajstić information content (AvgIpc) is 2.50. The minimum Gasteiger partial charge on any atom is -0.497 e. The zero-order chi connectivity index (χ0) is 14.5. The van der Waals surface area contributed by atoms with Gasteiger partial charge in [0.15, 0.2) is 0 Å². The SMILES string of the molecule is COc1ccc(N(C(=O)CCl)c2ccccc2)c(Cl)c1. The van der Waals surface area contributed by atoms with Crippen LogP contribution >= 0.6 is 23.2 Å². The topological polar surface area (TPSA) is 29.5 Å². The van der Waals surface area contributed by atoms with E-state index in [1.54, 1.807) is 25.3 Å². The number of methoxy groups -OCH3 is 1. The number of rotatable bonds is 4. The summed E-state index contributed by atoms with van der Waals surface area (Å²) in [5, 5.41) is 0.423. The average molecular weight is 310 g/mol. The lowest BCUT2D eigenvalue weighted by Gasteiger charge is -2.23. The van der Waals surface area contributed by atoms with Gasteiger partial charge in [-0.3, -0.25) is 9.69 Å². The third-order valence-electron chi connectivity index (χ3n) is 2.77. The number of anilines is 2. The predicted molar refractivity (Wildman–Crippen MR) is 82.3 cm³/mol. The van der Waals surface area contributed by atoms with E-state index in [2.05, 4.69) is 0 Å². The highest BCUT2D eigenvalue weighted by Crippen LogP contribution is 2.34. The molecule has 0 spiro atoms. The second-order valence-electron chi connectivity index (χ2n) is 4.02. The van der Waals surface area contributed by atoms with Crippen LogP contribution < -0.4 is 9.64 Å². The number of hydrogen-bond acceptors (Lipinski definition) is 2. The Labute approximate surface area is 127 Å². The Kier molecular flexibility index (Phi) is 4.88. The Morgan fingerprint density at radius 3 is 2.45 bits per heavy atom. The number of amides is 1. The molecule has 0 saturated carbocycles. The second-order valence-corrected chi connectivity index (χ2v) is 4.69. The molecule has 1 amide bonds. The number of ether oxygens (including phenoxy) is 1. The summed E-state index contributed by atoms with van der Waals surface area (Å²) < 4.78 is 5.11. The fourth-order valence-corrected chi connectivity index (χ4v) is 2.22. The van der Waals surface area contributed by atoms with Gasteiger partial charge < -0.3 is 4.74 Å². The number of nitrogens with zero attached hydrogens (tertiary/aromatic N) is 1. The maximum absolute atomic E-state index is 12.1. The molecule has 0 bridgehead atoms. The van der Waals surface area contributed by atoms with E-state index in [0.717, 1.165) is 0 Å². The van der Waals surface area contributed by atoms with Gasteiger partial charge in [-0.25, -0.2) is 0 Å². The molecule has 0 fully saturated rings. The van der Waals surface area contributed by atoms with Gasteiger partial charge in [0.25, 0.3) is 0 Å². The predicted octanol–water partition coefficient (Wildman–Crippen LogP) is 4.25. The summed E-state index contributed by atoms with van der Waals surface area (Å²) in [6, 6.07) is 14.4. The number of alkyl halides is 1. The van der Waals surface area contributed by atoms with E-state index in [1.807, 2.05) is 30.3 Å². The number of halogens is 2. The summed E-state index contributed by atoms with van der Waals surface area (Å²) in [5.74, 6) is 0.257. The fourth-order valence-electron chi connectivity index (χ4n) is 1.85. The number of para-hydroxylation sites is 1. The van der Waals surface area contributed by atoms with E-state index < -0.39 is 0 Å². The molecule has 0 radical (unpaired) electrons. The van der Waals surface area contributed by atoms with E-state index in [1.165, 1.54) is 4.90 Å². The molecule has 0 heterocycles. The standard InChI is InChI=1S/C15H13Cl2NO2/c1-20-12-7-8-14(13(17)9-12)18(15(19)10-16)11-5-3-2-4-6-11/h2-9H,10H2,1H3. The van der Waals surface area contributed by atoms with Crippen molar-refractivity contribution in [2.45, 2.75) is 0 Å². The van der Waals surface area contributed by atoms with Crippen LogP contribution in [0.25, 0.3) is 0 Å². The van der Waals surface area contributed by atoms with Crippen LogP contribution in [0.3, 0.4) is 0 Å². The first-order chi connectivity index (χ1) is 9.67. The summed E-state index contributed by atoms with van der Waals surface area (Å²) in [4.78, 5) is 13.6. The molecule has 3 nitrogen and oxygen atoms in total. The zero-order valence-corrected chi connectivity index (χ0v) is 12.4. The van der Waals surface area contributed by atoms with Crippen molar-refractivity contribution in [1.82, 2.24) is 0 Å². The number of carbonyl (C=O) groups is 1. The van der Waals surface area contributed by atoms with Crippen LogP contribution in [0, 0.1) is 0 Å². The van der Waals surface area contributed by atoms with E-state index >= 15 is 0 Å². The van der Waals surface area contributed by atoms with E-state index in [-0.39, 0.29) is 11.8 Å². The van der Waals surface area contributed by atoms with Crippen molar-refractivity contribution >= 4 is 40.5 Å². The molecular weight excluding hydrogens is 297 g/mol. The van der Waals surface area contributed by atoms with E-state index in [0.29, 0.717) is 22.1 Å². The lowest BCUT2D eigenvalue weighted by molar-refractivity contribution is -0.115. The molecule has 2 aromatic rings. The van der Waals surface area contributed by atoms with Crippen molar-refractivity contribution in [3.8, 4) is 5.75 Å². The molecule has 5 heteroatoms. The minimum atomic E-state index is -0.245. The monoisotopic (exact) mass is 309 g/mol. The molecule has 104 valence electrons. The Bertz CT molecular complexity index is 602. The van der Waals surface area contributed by atoms with Gasteiger partial charge in [-0.15, -0.1) is 11.6 Å². The fraction of sp³-hybridized carbons (Fsp3) is 0.133. The summed E-state index contributed by atoms with van der Waals surface area (Å²) >= 11 is 11.9. The Balaban J connectivity index is 2.50. The molecule has 2 rings (SSSR count). The molecule has 20 heavy (non-hydrogen) atoms. The largest absolute Gasteiger partial charge is 0.497 e. The minimum absolute atomic E-state index is 0.128. The van der Waals surface area contributed by atoms with Gasteiger partial charge in [0.2, 0.25) is 5.91 Å². The molecule has 0 aliphatic carbocycles. The lowest BCUT2D eigenvalue weighted by Crippen LogP contribution is -2.27. The van der Waals surface area contributed by atoms with Crippen molar-refractivity contribution in [2.75, 3.05) is 17.9 Å². The molecule has 0 saturated heterocycles. The molecule has 0 atom stereocenters. The summed E-state index contributed by atoms with van der Waals surface area (Å²) in [5.41, 5.74) is 1.29. The Morgan fingerprint density at radius 1 is 1.20 bits per heavy atom. The number of hydrogen-bond donors (Lipinski definition) is 0. The number of benzene rings is 2. The molecule has 0 aliphatic heterocycles. The highest BCUT2D eigenvalue weighted by atomic mass is 35.5. The van der Waals surface area contributed by atoms with Gasteiger partial charge in [0.1, 0.15) is 11.6 Å². The summed E-state index contributed by atoms with van der Waals surface area (Å²) in [6.45, 7) is 0. The van der Waals surface area contributed by atoms with E-state index in [9.17, 15) is 4.79 Å². The molecule has 2 aromatic carbocycles. The van der Waals surface area contributed by atoms with E-state index in [4.69, 9.17) is 27.9 Å². The van der Waals surface area contributed by atoms with Crippen molar-refractivity contribution < 1.29 is 9.53 Å². The van der Waals surface area contributed by atoms with Crippen LogP contribution in [-0.2, 0) is 4.79 Å². The summed E-state index contributed by atoms with van der Waals surface area (Å²) in [7, 11) is 1.56. The maximum Gasteiger partial charge on any atom is 0.246 e. The normalized spacial score (nSPS) is 10.2. The van der Waals surface area contributed by atoms with Crippen LogP contribution in [0.15, 0.2) is 48.5 Å². The van der Waals surface area contributed by atoms with Gasteiger partial charge in [-0.1, -0.05) is 29.8 Å². The third-order valence-corrected chi connectivity index (χ3v) is 3.31. The first kappa shape index (κ1) is 14.7. The van der Waals surface area contributed by atoms with Crippen LogP contribution in [0.2, 0.25) is 5.02 Å². The molecule has 0 aromatic heterocycles. The lowest BCUT2D eigenvalue weighted by atomic mass is 10.2. The molecule has 0 aliphatic rings. The van der Waals surface area contributed by atoms with Crippen LogP contribution in [0.1, 0.15) is 0 Å². The summed E-state index contributed by atoms with van der Waals surface area (Å²) in [6.07, 6.45) is 0. The molecular formula is C15H13Cl2NO2.